The molecule has 0 aliphatic heterocycles. The number of aliphatic carboxylic acids is 1. The highest BCUT2D eigenvalue weighted by Gasteiger charge is 2.51. The third-order valence-corrected chi connectivity index (χ3v) is 4.04. The Morgan fingerprint density at radius 3 is 2.80 bits per heavy atom. The number of carbonyl (C=O) groups is 1. The van der Waals surface area contributed by atoms with Crippen LogP contribution in [-0.2, 0) is 17.8 Å². The predicted molar refractivity (Wildman–Crippen MR) is 77.6 cm³/mol. The number of hydrogen-bond donors (Lipinski definition) is 2. The van der Waals surface area contributed by atoms with E-state index >= 15 is 0 Å². The van der Waals surface area contributed by atoms with Crippen LogP contribution in [-0.4, -0.2) is 32.7 Å². The van der Waals surface area contributed by atoms with Gasteiger partial charge in [-0.3, -0.25) is 4.79 Å². The summed E-state index contributed by atoms with van der Waals surface area (Å²) in [5, 5.41) is 13.1. The molecule has 1 aliphatic carbocycles. The van der Waals surface area contributed by atoms with Crippen molar-refractivity contribution in [1.29, 1.82) is 0 Å². The van der Waals surface area contributed by atoms with E-state index in [0.717, 1.165) is 44.5 Å². The van der Waals surface area contributed by atoms with Crippen LogP contribution in [0.15, 0.2) is 12.4 Å². The van der Waals surface area contributed by atoms with Crippen LogP contribution >= 0.6 is 0 Å². The van der Waals surface area contributed by atoms with E-state index in [1.54, 1.807) is 6.20 Å². The molecule has 20 heavy (non-hydrogen) atoms. The van der Waals surface area contributed by atoms with Crippen LogP contribution in [0.4, 0.5) is 0 Å². The van der Waals surface area contributed by atoms with E-state index in [4.69, 9.17) is 0 Å². The van der Waals surface area contributed by atoms with Crippen LogP contribution in [0.25, 0.3) is 0 Å². The van der Waals surface area contributed by atoms with Gasteiger partial charge in [-0.15, -0.1) is 0 Å². The van der Waals surface area contributed by atoms with Gasteiger partial charge in [0.25, 0.3) is 0 Å². The number of hydrogen-bond acceptors (Lipinski definition) is 3. The maximum Gasteiger partial charge on any atom is 0.326 e. The predicted octanol–water partition coefficient (Wildman–Crippen LogP) is 2.07. The zero-order chi connectivity index (χ0) is 14.6. The van der Waals surface area contributed by atoms with Crippen LogP contribution < -0.4 is 5.32 Å². The Morgan fingerprint density at radius 2 is 2.25 bits per heavy atom. The molecule has 0 radical (unpaired) electrons. The number of aryl methyl sites for hydroxylation is 1. The number of carboxylic acid groups (broad SMARTS) is 1. The Bertz CT molecular complexity index is 454. The molecular formula is C15H25N3O2. The standard InChI is InChI=1S/C15H25N3O2/c1-3-5-13-16-9-10-18(13)11-15(14(19)20,12-6-7-12)17-8-4-2/h9-10,12,17H,3-8,11H2,1-2H3,(H,19,20). The first-order valence-corrected chi connectivity index (χ1v) is 7.62. The summed E-state index contributed by atoms with van der Waals surface area (Å²) in [5.41, 5.74) is -0.834. The van der Waals surface area contributed by atoms with Crippen molar-refractivity contribution in [2.75, 3.05) is 6.54 Å². The molecule has 0 spiro atoms. The van der Waals surface area contributed by atoms with E-state index < -0.39 is 11.5 Å². The molecule has 5 nitrogen and oxygen atoms in total. The number of imidazole rings is 1. The van der Waals surface area contributed by atoms with Crippen molar-refractivity contribution >= 4 is 5.97 Å². The highest BCUT2D eigenvalue weighted by molar-refractivity contribution is 5.79. The van der Waals surface area contributed by atoms with Gasteiger partial charge >= 0.3 is 5.97 Å². The summed E-state index contributed by atoms with van der Waals surface area (Å²) in [7, 11) is 0. The summed E-state index contributed by atoms with van der Waals surface area (Å²) < 4.78 is 2.01. The van der Waals surface area contributed by atoms with Crippen molar-refractivity contribution < 1.29 is 9.90 Å². The first-order chi connectivity index (χ1) is 9.64. The zero-order valence-corrected chi connectivity index (χ0v) is 12.4. The van der Waals surface area contributed by atoms with Gasteiger partial charge in [0.1, 0.15) is 11.4 Å². The van der Waals surface area contributed by atoms with Gasteiger partial charge in [0, 0.05) is 18.8 Å². The topological polar surface area (TPSA) is 67.2 Å². The molecule has 0 bridgehead atoms. The molecule has 2 N–H and O–H groups in total. The molecule has 5 heteroatoms. The molecule has 1 aromatic rings. The molecular weight excluding hydrogens is 254 g/mol. The van der Waals surface area contributed by atoms with Crippen LogP contribution in [0, 0.1) is 5.92 Å². The summed E-state index contributed by atoms with van der Waals surface area (Å²) in [5.74, 6) is 0.491. The van der Waals surface area contributed by atoms with Crippen LogP contribution in [0.1, 0.15) is 45.4 Å². The summed E-state index contributed by atoms with van der Waals surface area (Å²) in [4.78, 5) is 16.3. The smallest absolute Gasteiger partial charge is 0.326 e. The van der Waals surface area contributed by atoms with E-state index in [1.165, 1.54) is 0 Å². The third-order valence-electron chi connectivity index (χ3n) is 4.04. The lowest BCUT2D eigenvalue weighted by atomic mass is 9.92. The fourth-order valence-corrected chi connectivity index (χ4v) is 2.78. The second-order valence-corrected chi connectivity index (χ2v) is 5.70. The molecule has 0 aromatic carbocycles. The average molecular weight is 279 g/mol. The van der Waals surface area contributed by atoms with E-state index in [1.807, 2.05) is 10.8 Å². The van der Waals surface area contributed by atoms with Gasteiger partial charge in [-0.2, -0.15) is 0 Å². The minimum absolute atomic E-state index is 0.239. The lowest BCUT2D eigenvalue weighted by Gasteiger charge is -2.32. The minimum atomic E-state index is -0.834. The monoisotopic (exact) mass is 279 g/mol. The number of carboxylic acids is 1. The number of nitrogens with zero attached hydrogens (tertiary/aromatic N) is 2. The van der Waals surface area contributed by atoms with Crippen molar-refractivity contribution in [1.82, 2.24) is 14.9 Å². The van der Waals surface area contributed by atoms with Crippen LogP contribution in [0.5, 0.6) is 0 Å². The normalized spacial score (nSPS) is 17.9. The first kappa shape index (κ1) is 15.0. The molecule has 1 atom stereocenters. The highest BCUT2D eigenvalue weighted by atomic mass is 16.4. The Morgan fingerprint density at radius 1 is 1.50 bits per heavy atom. The number of nitrogens with one attached hydrogen (secondary N) is 1. The Labute approximate surface area is 120 Å². The molecule has 2 rings (SSSR count). The third kappa shape index (κ3) is 3.03. The highest BCUT2D eigenvalue weighted by Crippen LogP contribution is 2.41. The molecule has 0 saturated heterocycles. The van der Waals surface area contributed by atoms with E-state index in [9.17, 15) is 9.90 Å². The molecule has 1 fully saturated rings. The fourth-order valence-electron chi connectivity index (χ4n) is 2.78. The number of rotatable bonds is 9. The molecule has 1 aliphatic rings. The molecule has 1 heterocycles. The van der Waals surface area contributed by atoms with Crippen molar-refractivity contribution in [3.05, 3.63) is 18.2 Å². The molecule has 1 aromatic heterocycles. The second kappa shape index (κ2) is 6.39. The average Bonchev–Trinajstić information content (AvgIpc) is 3.18. The van der Waals surface area contributed by atoms with Gasteiger partial charge in [-0.1, -0.05) is 13.8 Å². The van der Waals surface area contributed by atoms with Crippen molar-refractivity contribution in [3.63, 3.8) is 0 Å². The van der Waals surface area contributed by atoms with Crippen molar-refractivity contribution in [3.8, 4) is 0 Å². The first-order valence-electron chi connectivity index (χ1n) is 7.62. The minimum Gasteiger partial charge on any atom is -0.480 e. The second-order valence-electron chi connectivity index (χ2n) is 5.70. The Kier molecular flexibility index (Phi) is 4.81. The summed E-state index contributed by atoms with van der Waals surface area (Å²) in [6.45, 7) is 5.38. The van der Waals surface area contributed by atoms with Gasteiger partial charge in [0.05, 0.1) is 6.54 Å². The van der Waals surface area contributed by atoms with Crippen LogP contribution in [0.2, 0.25) is 0 Å². The van der Waals surface area contributed by atoms with Crippen LogP contribution in [0.3, 0.4) is 0 Å². The van der Waals surface area contributed by atoms with Crippen molar-refractivity contribution in [2.24, 2.45) is 5.92 Å². The quantitative estimate of drug-likeness (QED) is 0.726. The lowest BCUT2D eigenvalue weighted by Crippen LogP contribution is -2.57. The molecule has 1 saturated carbocycles. The van der Waals surface area contributed by atoms with Crippen molar-refractivity contribution in [2.45, 2.75) is 58.0 Å². The van der Waals surface area contributed by atoms with Gasteiger partial charge < -0.3 is 15.0 Å². The van der Waals surface area contributed by atoms with E-state index in [0.29, 0.717) is 6.54 Å². The van der Waals surface area contributed by atoms with E-state index in [2.05, 4.69) is 24.1 Å². The summed E-state index contributed by atoms with van der Waals surface area (Å²) in [6, 6.07) is 0. The van der Waals surface area contributed by atoms with Gasteiger partial charge in [-0.05, 0) is 38.1 Å². The molecule has 0 amide bonds. The summed E-state index contributed by atoms with van der Waals surface area (Å²) >= 11 is 0. The van der Waals surface area contributed by atoms with E-state index in [-0.39, 0.29) is 5.92 Å². The SMILES string of the molecule is CCCNC(Cn1ccnc1CCC)(C(=O)O)C1CC1. The zero-order valence-electron chi connectivity index (χ0n) is 12.4. The van der Waals surface area contributed by atoms with Gasteiger partial charge in [-0.25, -0.2) is 4.98 Å². The van der Waals surface area contributed by atoms with Gasteiger partial charge in [0.15, 0.2) is 0 Å². The largest absolute Gasteiger partial charge is 0.480 e. The number of aromatic nitrogens is 2. The maximum atomic E-state index is 11.9. The fraction of sp³-hybridized carbons (Fsp3) is 0.733. The Balaban J connectivity index is 2.22. The maximum absolute atomic E-state index is 11.9. The molecule has 112 valence electrons. The van der Waals surface area contributed by atoms with Gasteiger partial charge in [0.2, 0.25) is 0 Å². The molecule has 1 unspecified atom stereocenters. The summed E-state index contributed by atoms with van der Waals surface area (Å²) in [6.07, 6.45) is 8.52. The lowest BCUT2D eigenvalue weighted by molar-refractivity contribution is -0.146. The Hall–Kier alpha value is -1.36.